The zero-order valence-corrected chi connectivity index (χ0v) is 10.2. The SMILES string of the molecule is Cc1cnccc1-c1nc(C)c(C)nc1Cl. The van der Waals surface area contributed by atoms with Gasteiger partial charge in [-0.15, -0.1) is 0 Å². The van der Waals surface area contributed by atoms with Crippen LogP contribution in [-0.2, 0) is 0 Å². The lowest BCUT2D eigenvalue weighted by Crippen LogP contribution is -1.97. The van der Waals surface area contributed by atoms with Crippen molar-refractivity contribution in [2.24, 2.45) is 0 Å². The summed E-state index contributed by atoms with van der Waals surface area (Å²) >= 11 is 6.11. The molecule has 0 atom stereocenters. The number of nitrogens with zero attached hydrogens (tertiary/aromatic N) is 3. The fourth-order valence-corrected chi connectivity index (χ4v) is 1.76. The summed E-state index contributed by atoms with van der Waals surface area (Å²) in [5, 5.41) is 0.442. The van der Waals surface area contributed by atoms with Gasteiger partial charge in [0.15, 0.2) is 5.15 Å². The van der Waals surface area contributed by atoms with Crippen molar-refractivity contribution in [3.05, 3.63) is 40.6 Å². The molecule has 0 N–H and O–H groups in total. The maximum atomic E-state index is 6.11. The van der Waals surface area contributed by atoms with Gasteiger partial charge in [0.05, 0.1) is 11.4 Å². The largest absolute Gasteiger partial charge is 0.264 e. The molecule has 2 heterocycles. The number of rotatable bonds is 1. The molecule has 0 fully saturated rings. The van der Waals surface area contributed by atoms with Crippen LogP contribution in [0.15, 0.2) is 18.5 Å². The first kappa shape index (κ1) is 11.0. The zero-order chi connectivity index (χ0) is 11.7. The van der Waals surface area contributed by atoms with Crippen LogP contribution in [0.2, 0.25) is 5.15 Å². The first-order chi connectivity index (χ1) is 7.59. The van der Waals surface area contributed by atoms with Crippen LogP contribution in [0.4, 0.5) is 0 Å². The van der Waals surface area contributed by atoms with Crippen molar-refractivity contribution < 1.29 is 0 Å². The quantitative estimate of drug-likeness (QED) is 0.760. The molecule has 0 aliphatic heterocycles. The van der Waals surface area contributed by atoms with Crippen LogP contribution in [0.3, 0.4) is 0 Å². The van der Waals surface area contributed by atoms with Gasteiger partial charge in [-0.05, 0) is 32.4 Å². The number of hydrogen-bond donors (Lipinski definition) is 0. The van der Waals surface area contributed by atoms with Gasteiger partial charge in [0, 0.05) is 18.0 Å². The Balaban J connectivity index is 2.65. The fraction of sp³-hybridized carbons (Fsp3) is 0.250. The molecule has 0 amide bonds. The molecular weight excluding hydrogens is 222 g/mol. The molecular formula is C12H12ClN3. The van der Waals surface area contributed by atoms with Crippen LogP contribution in [0.5, 0.6) is 0 Å². The van der Waals surface area contributed by atoms with Gasteiger partial charge in [0.1, 0.15) is 5.69 Å². The summed E-state index contributed by atoms with van der Waals surface area (Å²) < 4.78 is 0. The third-order valence-corrected chi connectivity index (χ3v) is 2.80. The lowest BCUT2D eigenvalue weighted by atomic mass is 10.1. The highest BCUT2D eigenvalue weighted by Gasteiger charge is 2.11. The molecule has 0 aromatic carbocycles. The van der Waals surface area contributed by atoms with Crippen LogP contribution >= 0.6 is 11.6 Å². The van der Waals surface area contributed by atoms with E-state index < -0.39 is 0 Å². The summed E-state index contributed by atoms with van der Waals surface area (Å²) in [5.41, 5.74) is 4.51. The topological polar surface area (TPSA) is 38.7 Å². The maximum Gasteiger partial charge on any atom is 0.155 e. The minimum Gasteiger partial charge on any atom is -0.264 e. The summed E-state index contributed by atoms with van der Waals surface area (Å²) in [5.74, 6) is 0. The van der Waals surface area contributed by atoms with Gasteiger partial charge in [0.25, 0.3) is 0 Å². The molecule has 2 rings (SSSR count). The van der Waals surface area contributed by atoms with E-state index in [4.69, 9.17) is 11.6 Å². The van der Waals surface area contributed by atoms with E-state index in [-0.39, 0.29) is 0 Å². The minimum atomic E-state index is 0.442. The summed E-state index contributed by atoms with van der Waals surface area (Å²) in [6.45, 7) is 5.81. The monoisotopic (exact) mass is 233 g/mol. The second-order valence-corrected chi connectivity index (χ2v) is 4.08. The van der Waals surface area contributed by atoms with Gasteiger partial charge in [-0.2, -0.15) is 0 Å². The Kier molecular flexibility index (Phi) is 2.88. The van der Waals surface area contributed by atoms with Crippen molar-refractivity contribution in [1.29, 1.82) is 0 Å². The Labute approximate surface area is 99.5 Å². The Hall–Kier alpha value is -1.48. The Morgan fingerprint density at radius 2 is 1.75 bits per heavy atom. The lowest BCUT2D eigenvalue weighted by molar-refractivity contribution is 1.05. The molecule has 0 bridgehead atoms. The number of hydrogen-bond acceptors (Lipinski definition) is 3. The highest BCUT2D eigenvalue weighted by atomic mass is 35.5. The fourth-order valence-electron chi connectivity index (χ4n) is 1.49. The predicted molar refractivity (Wildman–Crippen MR) is 64.5 cm³/mol. The van der Waals surface area contributed by atoms with E-state index in [0.29, 0.717) is 5.15 Å². The third-order valence-electron chi connectivity index (χ3n) is 2.54. The molecule has 0 aliphatic rings. The molecule has 0 radical (unpaired) electrons. The lowest BCUT2D eigenvalue weighted by Gasteiger charge is -2.08. The second-order valence-electron chi connectivity index (χ2n) is 3.72. The van der Waals surface area contributed by atoms with E-state index in [1.165, 1.54) is 0 Å². The summed E-state index contributed by atoms with van der Waals surface area (Å²) in [6, 6.07) is 1.90. The van der Waals surface area contributed by atoms with Gasteiger partial charge < -0.3 is 0 Å². The van der Waals surface area contributed by atoms with E-state index in [2.05, 4.69) is 15.0 Å². The van der Waals surface area contributed by atoms with E-state index >= 15 is 0 Å². The number of pyridine rings is 1. The normalized spacial score (nSPS) is 10.5. The van der Waals surface area contributed by atoms with Crippen molar-refractivity contribution in [1.82, 2.24) is 15.0 Å². The molecule has 2 aromatic heterocycles. The van der Waals surface area contributed by atoms with Crippen LogP contribution < -0.4 is 0 Å². The Bertz CT molecular complexity index is 538. The minimum absolute atomic E-state index is 0.442. The molecule has 82 valence electrons. The number of aryl methyl sites for hydroxylation is 3. The standard InChI is InChI=1S/C12H12ClN3/c1-7-6-14-5-4-10(7)11-12(13)16-9(3)8(2)15-11/h4-6H,1-3H3. The Morgan fingerprint density at radius 3 is 2.44 bits per heavy atom. The van der Waals surface area contributed by atoms with Crippen LogP contribution in [0.1, 0.15) is 17.0 Å². The average molecular weight is 234 g/mol. The summed E-state index contributed by atoms with van der Waals surface area (Å²) in [7, 11) is 0. The molecule has 0 unspecified atom stereocenters. The van der Waals surface area contributed by atoms with Crippen molar-refractivity contribution in [2.45, 2.75) is 20.8 Å². The van der Waals surface area contributed by atoms with Crippen molar-refractivity contribution in [3.63, 3.8) is 0 Å². The first-order valence-electron chi connectivity index (χ1n) is 5.01. The third kappa shape index (κ3) is 1.91. The highest BCUT2D eigenvalue weighted by Crippen LogP contribution is 2.27. The van der Waals surface area contributed by atoms with Gasteiger partial charge in [-0.25, -0.2) is 9.97 Å². The predicted octanol–water partition coefficient (Wildman–Crippen LogP) is 3.12. The summed E-state index contributed by atoms with van der Waals surface area (Å²) in [6.07, 6.45) is 3.53. The second kappa shape index (κ2) is 4.18. The highest BCUT2D eigenvalue weighted by molar-refractivity contribution is 6.31. The summed E-state index contributed by atoms with van der Waals surface area (Å²) in [4.78, 5) is 12.8. The average Bonchev–Trinajstić information content (AvgIpc) is 2.25. The van der Waals surface area contributed by atoms with Crippen LogP contribution in [-0.4, -0.2) is 15.0 Å². The molecule has 0 saturated carbocycles. The molecule has 0 saturated heterocycles. The van der Waals surface area contributed by atoms with E-state index in [9.17, 15) is 0 Å². The molecule has 0 aliphatic carbocycles. The molecule has 2 aromatic rings. The smallest absolute Gasteiger partial charge is 0.155 e. The number of aromatic nitrogens is 3. The molecule has 4 heteroatoms. The van der Waals surface area contributed by atoms with E-state index in [1.807, 2.05) is 26.8 Å². The van der Waals surface area contributed by atoms with Crippen LogP contribution in [0.25, 0.3) is 11.3 Å². The van der Waals surface area contributed by atoms with E-state index in [1.54, 1.807) is 12.4 Å². The van der Waals surface area contributed by atoms with Crippen molar-refractivity contribution in [3.8, 4) is 11.3 Å². The van der Waals surface area contributed by atoms with Crippen molar-refractivity contribution >= 4 is 11.6 Å². The van der Waals surface area contributed by atoms with E-state index in [0.717, 1.165) is 28.2 Å². The maximum absolute atomic E-state index is 6.11. The van der Waals surface area contributed by atoms with Crippen molar-refractivity contribution in [2.75, 3.05) is 0 Å². The van der Waals surface area contributed by atoms with Gasteiger partial charge in [-0.1, -0.05) is 11.6 Å². The first-order valence-corrected chi connectivity index (χ1v) is 5.39. The molecule has 3 nitrogen and oxygen atoms in total. The number of halogens is 1. The molecule has 16 heavy (non-hydrogen) atoms. The van der Waals surface area contributed by atoms with Gasteiger partial charge in [0.2, 0.25) is 0 Å². The Morgan fingerprint density at radius 1 is 1.06 bits per heavy atom. The zero-order valence-electron chi connectivity index (χ0n) is 9.45. The molecule has 0 spiro atoms. The van der Waals surface area contributed by atoms with Crippen LogP contribution in [0, 0.1) is 20.8 Å². The van der Waals surface area contributed by atoms with Gasteiger partial charge >= 0.3 is 0 Å². The van der Waals surface area contributed by atoms with Gasteiger partial charge in [-0.3, -0.25) is 4.98 Å².